The number of hydrogen-bond donors (Lipinski definition) is 0. The number of carbonyl (C=O) groups excluding carboxylic acids is 1. The van der Waals surface area contributed by atoms with Crippen molar-refractivity contribution in [2.75, 3.05) is 20.3 Å². The molecule has 0 bridgehead atoms. The van der Waals surface area contributed by atoms with Crippen LogP contribution in [0.1, 0.15) is 13.8 Å². The third kappa shape index (κ3) is 4.47. The van der Waals surface area contributed by atoms with Gasteiger partial charge in [-0.1, -0.05) is 0 Å². The van der Waals surface area contributed by atoms with Gasteiger partial charge in [-0.25, -0.2) is 0 Å². The second-order valence-corrected chi connectivity index (χ2v) is 2.56. The van der Waals surface area contributed by atoms with Crippen molar-refractivity contribution in [2.24, 2.45) is 0 Å². The van der Waals surface area contributed by atoms with Crippen molar-refractivity contribution in [3.05, 3.63) is 0 Å². The number of hydrogen-bond acceptors (Lipinski definition) is 3. The summed E-state index contributed by atoms with van der Waals surface area (Å²) >= 11 is 0. The van der Waals surface area contributed by atoms with E-state index in [1.165, 1.54) is 0 Å². The summed E-state index contributed by atoms with van der Waals surface area (Å²) < 4.78 is 9.87. The van der Waals surface area contributed by atoms with Crippen molar-refractivity contribution < 1.29 is 14.3 Å². The highest BCUT2D eigenvalue weighted by molar-refractivity contribution is 5.60. The Kier molecular flexibility index (Phi) is 4.23. The molecule has 0 atom stereocenters. The van der Waals surface area contributed by atoms with E-state index < -0.39 is 5.60 Å². The third-order valence-electron chi connectivity index (χ3n) is 1.05. The lowest BCUT2D eigenvalue weighted by molar-refractivity contribution is -0.128. The minimum absolute atomic E-state index is 0.461. The second kappa shape index (κ2) is 4.41. The summed E-state index contributed by atoms with van der Waals surface area (Å²) in [6, 6.07) is 0. The summed E-state index contributed by atoms with van der Waals surface area (Å²) in [6.07, 6.45) is 0.780. The molecule has 0 amide bonds. The lowest BCUT2D eigenvalue weighted by atomic mass is 10.2. The molecule has 0 fully saturated rings. The second-order valence-electron chi connectivity index (χ2n) is 2.56. The standard InChI is InChI=1S/C7H14O3/c1-7(2,6-8)10-5-4-9-3/h6H,4-5H2,1-3H3. The van der Waals surface area contributed by atoms with Gasteiger partial charge in [0.15, 0.2) is 6.29 Å². The van der Waals surface area contributed by atoms with Crippen LogP contribution in [0.4, 0.5) is 0 Å². The molecule has 0 spiro atoms. The van der Waals surface area contributed by atoms with Gasteiger partial charge >= 0.3 is 0 Å². The molecule has 0 aromatic heterocycles. The van der Waals surface area contributed by atoms with E-state index >= 15 is 0 Å². The van der Waals surface area contributed by atoms with Gasteiger partial charge in [-0.3, -0.25) is 0 Å². The zero-order chi connectivity index (χ0) is 8.04. The maximum Gasteiger partial charge on any atom is 0.151 e. The van der Waals surface area contributed by atoms with Crippen LogP contribution in [0.5, 0.6) is 0 Å². The first kappa shape index (κ1) is 9.59. The summed E-state index contributed by atoms with van der Waals surface area (Å²) in [4.78, 5) is 10.3. The Bertz CT molecular complexity index is 99.0. The van der Waals surface area contributed by atoms with Gasteiger partial charge in [0, 0.05) is 7.11 Å². The highest BCUT2D eigenvalue weighted by Gasteiger charge is 2.15. The van der Waals surface area contributed by atoms with Gasteiger partial charge in [-0.05, 0) is 13.8 Å². The molecule has 3 heteroatoms. The maximum absolute atomic E-state index is 10.3. The molecule has 0 aliphatic rings. The van der Waals surface area contributed by atoms with Gasteiger partial charge in [0.05, 0.1) is 13.2 Å². The molecule has 0 saturated heterocycles. The molecule has 0 rings (SSSR count). The zero-order valence-electron chi connectivity index (χ0n) is 6.72. The number of methoxy groups -OCH3 is 1. The van der Waals surface area contributed by atoms with Crippen LogP contribution in [0.2, 0.25) is 0 Å². The van der Waals surface area contributed by atoms with E-state index in [1.54, 1.807) is 21.0 Å². The Morgan fingerprint density at radius 1 is 1.40 bits per heavy atom. The number of rotatable bonds is 5. The fraction of sp³-hybridized carbons (Fsp3) is 0.857. The number of carbonyl (C=O) groups is 1. The highest BCUT2D eigenvalue weighted by Crippen LogP contribution is 2.03. The lowest BCUT2D eigenvalue weighted by Gasteiger charge is -2.17. The van der Waals surface area contributed by atoms with E-state index in [0.717, 1.165) is 6.29 Å². The third-order valence-corrected chi connectivity index (χ3v) is 1.05. The van der Waals surface area contributed by atoms with Gasteiger partial charge in [0.25, 0.3) is 0 Å². The van der Waals surface area contributed by atoms with Gasteiger partial charge in [-0.2, -0.15) is 0 Å². The summed E-state index contributed by atoms with van der Waals surface area (Å²) in [5.74, 6) is 0. The van der Waals surface area contributed by atoms with Crippen molar-refractivity contribution in [3.8, 4) is 0 Å². The van der Waals surface area contributed by atoms with Crippen molar-refractivity contribution in [2.45, 2.75) is 19.4 Å². The van der Waals surface area contributed by atoms with Crippen LogP contribution in [0.15, 0.2) is 0 Å². The van der Waals surface area contributed by atoms with Crippen LogP contribution < -0.4 is 0 Å². The van der Waals surface area contributed by atoms with E-state index in [0.29, 0.717) is 13.2 Å². The summed E-state index contributed by atoms with van der Waals surface area (Å²) in [5, 5.41) is 0. The normalized spacial score (nSPS) is 11.5. The van der Waals surface area contributed by atoms with Crippen molar-refractivity contribution in [1.29, 1.82) is 0 Å². The summed E-state index contributed by atoms with van der Waals surface area (Å²) in [6.45, 7) is 4.42. The average molecular weight is 146 g/mol. The predicted molar refractivity (Wildman–Crippen MR) is 38.0 cm³/mol. The number of aldehydes is 1. The smallest absolute Gasteiger partial charge is 0.151 e. The van der Waals surface area contributed by atoms with E-state index in [9.17, 15) is 4.79 Å². The molecular formula is C7H14O3. The van der Waals surface area contributed by atoms with E-state index in [1.807, 2.05) is 0 Å². The van der Waals surface area contributed by atoms with E-state index in [2.05, 4.69) is 0 Å². The van der Waals surface area contributed by atoms with Crippen LogP contribution in [0.3, 0.4) is 0 Å². The van der Waals surface area contributed by atoms with Crippen LogP contribution in [-0.2, 0) is 14.3 Å². The summed E-state index contributed by atoms with van der Waals surface area (Å²) in [5.41, 5.74) is -0.668. The van der Waals surface area contributed by atoms with Crippen LogP contribution in [-0.4, -0.2) is 32.2 Å². The first-order valence-corrected chi connectivity index (χ1v) is 3.21. The summed E-state index contributed by atoms with van der Waals surface area (Å²) in [7, 11) is 1.59. The Hall–Kier alpha value is -0.410. The highest BCUT2D eigenvalue weighted by atomic mass is 16.5. The molecule has 0 saturated carbocycles. The molecule has 0 N–H and O–H groups in total. The Morgan fingerprint density at radius 2 is 2.00 bits per heavy atom. The zero-order valence-corrected chi connectivity index (χ0v) is 6.72. The SMILES string of the molecule is COCCOC(C)(C)C=O. The van der Waals surface area contributed by atoms with Gasteiger partial charge < -0.3 is 14.3 Å². The molecule has 0 aromatic rings. The average Bonchev–Trinajstić information content (AvgIpc) is 1.89. The van der Waals surface area contributed by atoms with Gasteiger partial charge in [0.2, 0.25) is 0 Å². The number of ether oxygens (including phenoxy) is 2. The fourth-order valence-electron chi connectivity index (χ4n) is 0.422. The topological polar surface area (TPSA) is 35.5 Å². The van der Waals surface area contributed by atoms with Crippen molar-refractivity contribution >= 4 is 6.29 Å². The molecule has 0 unspecified atom stereocenters. The molecule has 0 aromatic carbocycles. The minimum atomic E-state index is -0.668. The molecule has 0 aliphatic carbocycles. The Morgan fingerprint density at radius 3 is 2.40 bits per heavy atom. The quantitative estimate of drug-likeness (QED) is 0.421. The van der Waals surface area contributed by atoms with Crippen molar-refractivity contribution in [3.63, 3.8) is 0 Å². The molecule has 0 aliphatic heterocycles. The Labute approximate surface area is 61.3 Å². The van der Waals surface area contributed by atoms with Crippen LogP contribution >= 0.6 is 0 Å². The minimum Gasteiger partial charge on any atom is -0.382 e. The first-order valence-electron chi connectivity index (χ1n) is 3.21. The first-order chi connectivity index (χ1) is 4.62. The molecule has 60 valence electrons. The van der Waals surface area contributed by atoms with Crippen LogP contribution in [0, 0.1) is 0 Å². The van der Waals surface area contributed by atoms with Gasteiger partial charge in [0.1, 0.15) is 5.60 Å². The van der Waals surface area contributed by atoms with Gasteiger partial charge in [-0.15, -0.1) is 0 Å². The predicted octanol–water partition coefficient (Wildman–Crippen LogP) is 0.627. The monoisotopic (exact) mass is 146 g/mol. The van der Waals surface area contributed by atoms with E-state index in [-0.39, 0.29) is 0 Å². The van der Waals surface area contributed by atoms with Crippen LogP contribution in [0.25, 0.3) is 0 Å². The molecule has 0 radical (unpaired) electrons. The lowest BCUT2D eigenvalue weighted by Crippen LogP contribution is -2.27. The van der Waals surface area contributed by atoms with Crippen molar-refractivity contribution in [1.82, 2.24) is 0 Å². The molecule has 3 nitrogen and oxygen atoms in total. The fourth-order valence-corrected chi connectivity index (χ4v) is 0.422. The molecule has 10 heavy (non-hydrogen) atoms. The van der Waals surface area contributed by atoms with E-state index in [4.69, 9.17) is 9.47 Å². The molecular weight excluding hydrogens is 132 g/mol. The largest absolute Gasteiger partial charge is 0.382 e. The Balaban J connectivity index is 3.37. The molecule has 0 heterocycles. The maximum atomic E-state index is 10.3.